The first kappa shape index (κ1) is 21.9. The molecule has 1 amide bonds. The van der Waals surface area contributed by atoms with E-state index in [0.717, 1.165) is 11.3 Å². The Balaban J connectivity index is 1.82. The number of rotatable bonds is 6. The van der Waals surface area contributed by atoms with E-state index in [9.17, 15) is 14.9 Å². The van der Waals surface area contributed by atoms with E-state index in [2.05, 4.69) is 16.3 Å². The third-order valence-corrected chi connectivity index (χ3v) is 7.35. The van der Waals surface area contributed by atoms with Crippen molar-refractivity contribution in [3.05, 3.63) is 52.5 Å². The maximum atomic E-state index is 13.1. The summed E-state index contributed by atoms with van der Waals surface area (Å²) in [6.07, 6.45) is 1.71. The molecule has 0 radical (unpaired) electrons. The van der Waals surface area contributed by atoms with Gasteiger partial charge in [0.2, 0.25) is 11.0 Å². The van der Waals surface area contributed by atoms with Crippen molar-refractivity contribution < 1.29 is 14.3 Å². The highest BCUT2D eigenvalue weighted by Gasteiger charge is 2.41. The van der Waals surface area contributed by atoms with Crippen LogP contribution in [0.25, 0.3) is 0 Å². The van der Waals surface area contributed by atoms with Crippen molar-refractivity contribution in [1.29, 1.82) is 5.26 Å². The molecule has 164 valence electrons. The second-order valence-electron chi connectivity index (χ2n) is 7.19. The number of benzene rings is 1. The SMILES string of the molecule is COc1ccc(C2C(C#N)=C(N)N(c3nnc(SCC(N)=O)s3)C3=C2C(=O)CCC3)cc1. The molecule has 1 atom stereocenters. The van der Waals surface area contributed by atoms with Gasteiger partial charge in [-0.1, -0.05) is 35.2 Å². The minimum absolute atomic E-state index is 0.00911. The zero-order chi connectivity index (χ0) is 22.8. The average molecular weight is 469 g/mol. The molecule has 0 saturated carbocycles. The first-order valence-corrected chi connectivity index (χ1v) is 11.6. The fourth-order valence-corrected chi connectivity index (χ4v) is 5.54. The van der Waals surface area contributed by atoms with Crippen LogP contribution in [0.2, 0.25) is 0 Å². The maximum Gasteiger partial charge on any atom is 0.227 e. The highest BCUT2D eigenvalue weighted by Crippen LogP contribution is 2.47. The summed E-state index contributed by atoms with van der Waals surface area (Å²) >= 11 is 2.41. The van der Waals surface area contributed by atoms with Crippen LogP contribution in [0.1, 0.15) is 30.7 Å². The fourth-order valence-electron chi connectivity index (χ4n) is 3.92. The number of carbonyl (C=O) groups excluding carboxylic acids is 2. The van der Waals surface area contributed by atoms with Gasteiger partial charge in [-0.05, 0) is 30.5 Å². The summed E-state index contributed by atoms with van der Waals surface area (Å²) in [5.41, 5.74) is 14.1. The quantitative estimate of drug-likeness (QED) is 0.610. The van der Waals surface area contributed by atoms with E-state index in [-0.39, 0.29) is 22.9 Å². The van der Waals surface area contributed by atoms with E-state index in [0.29, 0.717) is 40.1 Å². The molecule has 2 aromatic rings. The summed E-state index contributed by atoms with van der Waals surface area (Å²) in [5.74, 6) is -0.0343. The zero-order valence-corrected chi connectivity index (χ0v) is 18.8. The number of methoxy groups -OCH3 is 1. The van der Waals surface area contributed by atoms with Crippen LogP contribution in [0.15, 0.2) is 51.3 Å². The molecule has 1 aromatic heterocycles. The van der Waals surface area contributed by atoms with Crippen molar-refractivity contribution >= 4 is 39.9 Å². The summed E-state index contributed by atoms with van der Waals surface area (Å²) in [5, 5.41) is 18.8. The number of amides is 1. The van der Waals surface area contributed by atoms with Crippen molar-refractivity contribution in [1.82, 2.24) is 10.2 Å². The summed E-state index contributed by atoms with van der Waals surface area (Å²) in [4.78, 5) is 25.8. The molecule has 2 aliphatic rings. The van der Waals surface area contributed by atoms with Crippen molar-refractivity contribution in [2.75, 3.05) is 17.8 Å². The number of allylic oxidation sites excluding steroid dienone is 3. The number of ketones is 1. The van der Waals surface area contributed by atoms with Gasteiger partial charge in [0, 0.05) is 17.7 Å². The molecular formula is C21H20N6O3S2. The largest absolute Gasteiger partial charge is 0.497 e. The van der Waals surface area contributed by atoms with Crippen LogP contribution in [-0.2, 0) is 9.59 Å². The fraction of sp³-hybridized carbons (Fsp3) is 0.286. The van der Waals surface area contributed by atoms with E-state index in [1.165, 1.54) is 23.1 Å². The lowest BCUT2D eigenvalue weighted by Gasteiger charge is -2.38. The number of primary amides is 1. The van der Waals surface area contributed by atoms with Crippen LogP contribution in [0, 0.1) is 11.3 Å². The van der Waals surface area contributed by atoms with Crippen LogP contribution in [0.4, 0.5) is 5.13 Å². The lowest BCUT2D eigenvalue weighted by atomic mass is 9.76. The van der Waals surface area contributed by atoms with Gasteiger partial charge in [0.25, 0.3) is 0 Å². The molecule has 4 N–H and O–H groups in total. The lowest BCUT2D eigenvalue weighted by Crippen LogP contribution is -2.38. The molecule has 0 spiro atoms. The normalized spacial score (nSPS) is 18.4. The first-order valence-electron chi connectivity index (χ1n) is 9.79. The number of aromatic nitrogens is 2. The van der Waals surface area contributed by atoms with Crippen molar-refractivity contribution in [2.24, 2.45) is 11.5 Å². The summed E-state index contributed by atoms with van der Waals surface area (Å²) in [7, 11) is 1.58. The first-order chi connectivity index (χ1) is 15.4. The predicted molar refractivity (Wildman–Crippen MR) is 121 cm³/mol. The Morgan fingerprint density at radius 3 is 2.75 bits per heavy atom. The van der Waals surface area contributed by atoms with Gasteiger partial charge in [0.1, 0.15) is 11.6 Å². The molecular weight excluding hydrogens is 448 g/mol. The topological polar surface area (TPSA) is 148 Å². The molecule has 4 rings (SSSR count). The highest BCUT2D eigenvalue weighted by molar-refractivity contribution is 8.01. The van der Waals surface area contributed by atoms with Gasteiger partial charge in [-0.15, -0.1) is 10.2 Å². The number of ether oxygens (including phenoxy) is 1. The van der Waals surface area contributed by atoms with Gasteiger partial charge in [-0.2, -0.15) is 5.26 Å². The van der Waals surface area contributed by atoms with Gasteiger partial charge in [-0.3, -0.25) is 14.5 Å². The van der Waals surface area contributed by atoms with Gasteiger partial charge >= 0.3 is 0 Å². The lowest BCUT2D eigenvalue weighted by molar-refractivity contribution is -0.116. The van der Waals surface area contributed by atoms with E-state index in [1.54, 1.807) is 24.1 Å². The van der Waals surface area contributed by atoms with E-state index < -0.39 is 11.8 Å². The van der Waals surface area contributed by atoms with Gasteiger partial charge < -0.3 is 16.2 Å². The monoisotopic (exact) mass is 468 g/mol. The Bertz CT molecular complexity index is 1180. The predicted octanol–water partition coefficient (Wildman–Crippen LogP) is 2.43. The van der Waals surface area contributed by atoms with E-state index in [4.69, 9.17) is 16.2 Å². The number of nitrogens with zero attached hydrogens (tertiary/aromatic N) is 4. The number of hydrogen-bond acceptors (Lipinski definition) is 10. The second kappa shape index (κ2) is 9.02. The molecule has 1 unspecified atom stereocenters. The Labute approximate surface area is 192 Å². The summed E-state index contributed by atoms with van der Waals surface area (Å²) < 4.78 is 5.78. The van der Waals surface area contributed by atoms with Gasteiger partial charge in [-0.25, -0.2) is 0 Å². The molecule has 0 bridgehead atoms. The Morgan fingerprint density at radius 1 is 1.34 bits per heavy atom. The second-order valence-corrected chi connectivity index (χ2v) is 9.37. The van der Waals surface area contributed by atoms with Crippen LogP contribution < -0.4 is 21.1 Å². The highest BCUT2D eigenvalue weighted by atomic mass is 32.2. The molecule has 1 aliphatic heterocycles. The average Bonchev–Trinajstić information content (AvgIpc) is 3.25. The number of anilines is 1. The number of nitrogens with two attached hydrogens (primary N) is 2. The Hall–Kier alpha value is -3.36. The Kier molecular flexibility index (Phi) is 6.16. The van der Waals surface area contributed by atoms with E-state index >= 15 is 0 Å². The van der Waals surface area contributed by atoms with Crippen molar-refractivity contribution in [3.63, 3.8) is 0 Å². The van der Waals surface area contributed by atoms with Crippen LogP contribution in [-0.4, -0.2) is 34.8 Å². The number of nitriles is 1. The molecule has 0 fully saturated rings. The number of Topliss-reactive ketones (excluding diaryl/α,β-unsaturated/α-hetero) is 1. The minimum atomic E-state index is -0.554. The van der Waals surface area contributed by atoms with E-state index in [1.807, 2.05) is 12.1 Å². The summed E-state index contributed by atoms with van der Waals surface area (Å²) in [6.45, 7) is 0. The molecule has 9 nitrogen and oxygen atoms in total. The number of hydrogen-bond donors (Lipinski definition) is 2. The van der Waals surface area contributed by atoms with Crippen LogP contribution >= 0.6 is 23.1 Å². The molecule has 1 aliphatic carbocycles. The van der Waals surface area contributed by atoms with Crippen LogP contribution in [0.5, 0.6) is 5.75 Å². The van der Waals surface area contributed by atoms with Gasteiger partial charge in [0.15, 0.2) is 10.1 Å². The molecule has 1 aromatic carbocycles. The number of carbonyl (C=O) groups is 2. The maximum absolute atomic E-state index is 13.1. The number of thioether (sulfide) groups is 1. The zero-order valence-electron chi connectivity index (χ0n) is 17.2. The minimum Gasteiger partial charge on any atom is -0.497 e. The third-order valence-electron chi connectivity index (χ3n) is 5.29. The standard InChI is InChI=1S/C21H20N6O3S2/c1-30-12-7-5-11(6-8-12)17-13(9-22)19(24)27(14-3-2-4-15(28)18(14)17)20-25-26-21(32-20)31-10-16(23)29/h5-8,17H,2-4,10,24H2,1H3,(H2,23,29). The molecule has 11 heteroatoms. The third kappa shape index (κ3) is 3.94. The smallest absolute Gasteiger partial charge is 0.227 e. The van der Waals surface area contributed by atoms with Crippen molar-refractivity contribution in [2.45, 2.75) is 29.5 Å². The van der Waals surface area contributed by atoms with Gasteiger partial charge in [0.05, 0.1) is 30.4 Å². The summed E-state index contributed by atoms with van der Waals surface area (Å²) in [6, 6.07) is 9.51. The Morgan fingerprint density at radius 2 is 2.09 bits per heavy atom. The molecule has 32 heavy (non-hydrogen) atoms. The van der Waals surface area contributed by atoms with Crippen LogP contribution in [0.3, 0.4) is 0 Å². The molecule has 2 heterocycles. The molecule has 0 saturated heterocycles. The van der Waals surface area contributed by atoms with Crippen molar-refractivity contribution in [3.8, 4) is 11.8 Å².